The molecule has 1 aliphatic rings. The zero-order valence-corrected chi connectivity index (χ0v) is 23.9. The van der Waals surface area contributed by atoms with Crippen LogP contribution < -0.4 is 10.6 Å². The lowest BCUT2D eigenvalue weighted by molar-refractivity contribution is 0.0633. The van der Waals surface area contributed by atoms with Crippen molar-refractivity contribution in [1.82, 2.24) is 10.1 Å². The Morgan fingerprint density at radius 3 is 2.29 bits per heavy atom. The first-order valence-corrected chi connectivity index (χ1v) is 15.0. The highest BCUT2D eigenvalue weighted by Crippen LogP contribution is 2.27. The normalized spacial score (nSPS) is 14.2. The van der Waals surface area contributed by atoms with Crippen LogP contribution in [0, 0.1) is 5.92 Å². The van der Waals surface area contributed by atoms with Crippen molar-refractivity contribution in [2.24, 2.45) is 5.92 Å². The van der Waals surface area contributed by atoms with Crippen LogP contribution in [0.5, 0.6) is 0 Å². The Kier molecular flexibility index (Phi) is 11.7. The minimum atomic E-state index is -3.92. The smallest absolute Gasteiger partial charge is 0.324 e. The monoisotopic (exact) mass is 593 g/mol. The van der Waals surface area contributed by atoms with Crippen molar-refractivity contribution in [2.75, 3.05) is 43.5 Å². The maximum Gasteiger partial charge on any atom is 0.324 e. The van der Waals surface area contributed by atoms with Crippen molar-refractivity contribution in [3.05, 3.63) is 60.1 Å². The van der Waals surface area contributed by atoms with Crippen LogP contribution in [0.2, 0.25) is 0 Å². The van der Waals surface area contributed by atoms with Gasteiger partial charge < -0.3 is 19.1 Å². The Balaban J connectivity index is 0.000000850. The molecule has 1 fully saturated rings. The van der Waals surface area contributed by atoms with E-state index in [1.807, 2.05) is 18.3 Å². The van der Waals surface area contributed by atoms with Gasteiger partial charge in [0.2, 0.25) is 0 Å². The molecule has 2 N–H and O–H groups in total. The maximum atomic E-state index is 13.1. The number of rotatable bonds is 10. The number of carbonyl (C=O) groups is 1. The Labute approximate surface area is 238 Å². The molecule has 0 bridgehead atoms. The summed E-state index contributed by atoms with van der Waals surface area (Å²) in [5.41, 5.74) is 2.24. The lowest BCUT2D eigenvalue weighted by atomic mass is 9.91. The van der Waals surface area contributed by atoms with Crippen molar-refractivity contribution in [3.8, 4) is 11.1 Å². The van der Waals surface area contributed by atoms with Crippen molar-refractivity contribution < 1.29 is 35.8 Å². The van der Waals surface area contributed by atoms with Crippen LogP contribution in [0.3, 0.4) is 0 Å². The minimum Gasteiger partial charge on any atom is -0.748 e. The molecular weight excluding hydrogens is 558 g/mol. The summed E-state index contributed by atoms with van der Waals surface area (Å²) >= 11 is 0. The number of pyridine rings is 1. The molecule has 0 radical (unpaired) electrons. The number of hydrogen-bond donors (Lipinski definition) is 2. The van der Waals surface area contributed by atoms with Crippen LogP contribution >= 0.6 is 0 Å². The molecule has 2 amide bonds. The van der Waals surface area contributed by atoms with Gasteiger partial charge in [0.15, 0.2) is 5.82 Å². The van der Waals surface area contributed by atoms with Gasteiger partial charge in [0.05, 0.1) is 15.5 Å². The lowest BCUT2D eigenvalue weighted by Crippen LogP contribution is -2.26. The van der Waals surface area contributed by atoms with Gasteiger partial charge in [-0.3, -0.25) is 10.3 Å². The molecule has 10 nitrogen and oxygen atoms in total. The maximum absolute atomic E-state index is 13.1. The number of aryl methyl sites for hydroxylation is 1. The molecule has 3 heterocycles. The van der Waals surface area contributed by atoms with Crippen molar-refractivity contribution >= 4 is 27.7 Å². The van der Waals surface area contributed by atoms with E-state index in [0.29, 0.717) is 11.9 Å². The number of benzene rings is 1. The van der Waals surface area contributed by atoms with Gasteiger partial charge in [0.25, 0.3) is 0 Å². The van der Waals surface area contributed by atoms with Crippen LogP contribution in [-0.4, -0.2) is 62.0 Å². The Morgan fingerprint density at radius 1 is 1.07 bits per heavy atom. The van der Waals surface area contributed by atoms with Crippen molar-refractivity contribution in [1.29, 1.82) is 0 Å². The topological polar surface area (TPSA) is 146 Å². The molecule has 0 spiro atoms. The van der Waals surface area contributed by atoms with E-state index in [-0.39, 0.29) is 11.6 Å². The highest BCUT2D eigenvalue weighted by molar-refractivity contribution is 7.84. The number of nitrogens with one attached hydrogen (secondary N) is 2. The molecule has 13 heteroatoms. The van der Waals surface area contributed by atoms with Gasteiger partial charge in [0, 0.05) is 48.7 Å². The number of ether oxygens (including phenoxy) is 1. The van der Waals surface area contributed by atoms with Gasteiger partial charge in [-0.25, -0.2) is 22.0 Å². The van der Waals surface area contributed by atoms with Crippen LogP contribution in [0.15, 0.2) is 53.2 Å². The van der Waals surface area contributed by atoms with Crippen LogP contribution in [0.1, 0.15) is 44.1 Å². The number of amides is 2. The molecule has 0 unspecified atom stereocenters. The fraction of sp³-hybridized carbons (Fsp3) is 0.464. The minimum absolute atomic E-state index is 0.0334. The molecule has 1 saturated heterocycles. The molecule has 224 valence electrons. The molecule has 4 rings (SSSR count). The Morgan fingerprint density at radius 2 is 1.71 bits per heavy atom. The fourth-order valence-corrected chi connectivity index (χ4v) is 4.16. The molecule has 0 saturated carbocycles. The molecule has 1 aliphatic heterocycles. The summed E-state index contributed by atoms with van der Waals surface area (Å²) in [7, 11) is -3.92. The van der Waals surface area contributed by atoms with Gasteiger partial charge in [-0.15, -0.1) is 0 Å². The molecule has 41 heavy (non-hydrogen) atoms. The molecule has 1 aromatic carbocycles. The van der Waals surface area contributed by atoms with E-state index in [9.17, 15) is 13.6 Å². The van der Waals surface area contributed by atoms with E-state index in [2.05, 4.69) is 32.9 Å². The van der Waals surface area contributed by atoms with Gasteiger partial charge in [-0.05, 0) is 68.7 Å². The second-order valence-corrected chi connectivity index (χ2v) is 11.7. The van der Waals surface area contributed by atoms with Crippen LogP contribution in [-0.2, 0) is 26.7 Å². The average molecular weight is 594 g/mol. The van der Waals surface area contributed by atoms with E-state index >= 15 is 0 Å². The number of aromatic nitrogens is 2. The summed E-state index contributed by atoms with van der Waals surface area (Å²) in [6.45, 7) is 1.29. The van der Waals surface area contributed by atoms with Gasteiger partial charge >= 0.3 is 6.03 Å². The highest BCUT2D eigenvalue weighted by atomic mass is 32.2. The van der Waals surface area contributed by atoms with Crippen LogP contribution in [0.25, 0.3) is 11.1 Å². The number of nitrogens with zero attached hydrogens (tertiary/aromatic N) is 2. The summed E-state index contributed by atoms with van der Waals surface area (Å²) in [4.78, 5) is 16.9. The summed E-state index contributed by atoms with van der Waals surface area (Å²) in [6, 6.07) is 12.3. The number of hydrogen-bond acceptors (Lipinski definition) is 8. The first-order chi connectivity index (χ1) is 19.5. The number of urea groups is 1. The lowest BCUT2D eigenvalue weighted by Gasteiger charge is -2.21. The van der Waals surface area contributed by atoms with Crippen molar-refractivity contribution in [2.45, 2.75) is 44.4 Å². The van der Waals surface area contributed by atoms with E-state index in [1.54, 1.807) is 12.1 Å². The number of alkyl halides is 2. The Bertz CT molecular complexity index is 1330. The summed E-state index contributed by atoms with van der Waals surface area (Å²) in [6.07, 6.45) is 8.16. The third-order valence-electron chi connectivity index (χ3n) is 6.62. The number of carbonyl (C=O) groups excluding carboxylic acids is 1. The first-order valence-electron chi connectivity index (χ1n) is 13.2. The Hall–Kier alpha value is -3.42. The molecule has 0 atom stereocenters. The van der Waals surface area contributed by atoms with Gasteiger partial charge in [0.1, 0.15) is 19.1 Å². The largest absolute Gasteiger partial charge is 0.748 e. The average Bonchev–Trinajstić information content (AvgIpc) is 3.42. The quantitative estimate of drug-likeness (QED) is 0.294. The third kappa shape index (κ3) is 10.8. The van der Waals surface area contributed by atoms with Crippen LogP contribution in [0.4, 0.5) is 25.1 Å². The first kappa shape index (κ1) is 32.1. The highest BCUT2D eigenvalue weighted by Gasteiger charge is 2.32. The van der Waals surface area contributed by atoms with E-state index in [4.69, 9.17) is 22.2 Å². The summed E-state index contributed by atoms with van der Waals surface area (Å²) in [5, 5.41) is 8.88. The van der Waals surface area contributed by atoms with E-state index in [0.717, 1.165) is 48.8 Å². The summed E-state index contributed by atoms with van der Waals surface area (Å²) < 4.78 is 63.9. The zero-order valence-electron chi connectivity index (χ0n) is 23.1. The second-order valence-electron chi connectivity index (χ2n) is 10.3. The molecule has 3 aromatic rings. The predicted molar refractivity (Wildman–Crippen MR) is 150 cm³/mol. The van der Waals surface area contributed by atoms with E-state index in [1.165, 1.54) is 32.3 Å². The van der Waals surface area contributed by atoms with Gasteiger partial charge in [-0.2, -0.15) is 0 Å². The second kappa shape index (κ2) is 15.0. The van der Waals surface area contributed by atoms with Crippen molar-refractivity contribution in [3.63, 3.8) is 0 Å². The zero-order chi connectivity index (χ0) is 29.9. The fourth-order valence-electron chi connectivity index (χ4n) is 4.16. The molecule has 0 aliphatic carbocycles. The predicted octanol–water partition coefficient (Wildman–Crippen LogP) is 5.49. The molecular formula is C28H35F2N4O6S-. The number of anilines is 2. The molecule has 2 aromatic heterocycles. The summed E-state index contributed by atoms with van der Waals surface area (Å²) in [5.74, 6) is 0.886. The third-order valence-corrected chi connectivity index (χ3v) is 6.62. The van der Waals surface area contributed by atoms with E-state index < -0.39 is 34.9 Å². The van der Waals surface area contributed by atoms with Gasteiger partial charge in [-0.1, -0.05) is 23.4 Å². The number of halogens is 2. The SMILES string of the molecule is CC(CF)(CF)c1cc(NC(=O)Nc2ccc(-c3ccc(CCCC4CCOCC4)nc3)cc2)no1.CS(=O)(=O)[O-]. The standard InChI is InChI=1S/C27H32F2N4O3.CH4O3S/c1-27(17-28,18-29)24-15-25(33-36-24)32-26(34)31-23-9-5-20(6-10-23)21-7-8-22(30-16-21)4-2-3-19-11-13-35-14-12-19;1-5(2,3)4/h5-10,15-16,19H,2-4,11-14,17-18H2,1H3,(H2,31,32,33,34);1H3,(H,2,3,4)/p-1.